The van der Waals surface area contributed by atoms with E-state index in [4.69, 9.17) is 4.74 Å². The number of hydrogen-bond acceptors (Lipinski definition) is 4. The molecule has 0 atom stereocenters. The van der Waals surface area contributed by atoms with Crippen molar-refractivity contribution >= 4 is 26.4 Å². The zero-order chi connectivity index (χ0) is 21.5. The van der Waals surface area contributed by atoms with Gasteiger partial charge in [-0.1, -0.05) is 6.07 Å². The molecule has 30 heavy (non-hydrogen) atoms. The SMILES string of the molecule is COc1ccc2[nH+]cc(S(=O)(=O)c3ccc(C)c(C)c3)c(N3CC[NH+](C)CC3)c2c1. The molecule has 3 aromatic rings. The molecule has 0 saturated carbocycles. The number of ether oxygens (including phenoxy) is 1. The summed E-state index contributed by atoms with van der Waals surface area (Å²) in [4.78, 5) is 7.48. The summed E-state index contributed by atoms with van der Waals surface area (Å²) in [5, 5.41) is 0.860. The van der Waals surface area contributed by atoms with Gasteiger partial charge in [0.05, 0.1) is 56.3 Å². The molecule has 1 aliphatic rings. The van der Waals surface area contributed by atoms with E-state index < -0.39 is 9.84 Å². The number of fused-ring (bicyclic) bond motifs is 1. The lowest BCUT2D eigenvalue weighted by atomic mass is 10.1. The summed E-state index contributed by atoms with van der Waals surface area (Å²) in [7, 11) is 0.0917. The minimum atomic E-state index is -3.70. The quantitative estimate of drug-likeness (QED) is 0.685. The minimum absolute atomic E-state index is 0.311. The van der Waals surface area contributed by atoms with Crippen LogP contribution in [-0.2, 0) is 9.84 Å². The lowest BCUT2D eigenvalue weighted by Crippen LogP contribution is -3.12. The molecule has 0 bridgehead atoms. The maximum absolute atomic E-state index is 13.7. The number of H-pyrrole nitrogens is 1. The number of aryl methyl sites for hydroxylation is 2. The molecule has 1 aliphatic heterocycles. The highest BCUT2D eigenvalue weighted by molar-refractivity contribution is 7.91. The number of nitrogens with zero attached hydrogens (tertiary/aromatic N) is 1. The summed E-state index contributed by atoms with van der Waals surface area (Å²) in [6.45, 7) is 7.46. The lowest BCUT2D eigenvalue weighted by Gasteiger charge is -2.33. The molecule has 0 amide bonds. The first-order valence-corrected chi connectivity index (χ1v) is 11.7. The highest BCUT2D eigenvalue weighted by atomic mass is 32.2. The average molecular weight is 428 g/mol. The summed E-state index contributed by atoms with van der Waals surface area (Å²) in [5.74, 6) is 0.706. The highest BCUT2D eigenvalue weighted by Gasteiger charge is 2.31. The molecule has 1 fully saturated rings. The molecule has 0 unspecified atom stereocenters. The topological polar surface area (TPSA) is 65.2 Å². The van der Waals surface area contributed by atoms with E-state index >= 15 is 0 Å². The fraction of sp³-hybridized carbons (Fsp3) is 0.348. The van der Waals surface area contributed by atoms with Gasteiger partial charge in [-0.25, -0.2) is 13.4 Å². The molecule has 2 aromatic carbocycles. The van der Waals surface area contributed by atoms with Gasteiger partial charge >= 0.3 is 0 Å². The van der Waals surface area contributed by atoms with Crippen LogP contribution in [0.5, 0.6) is 5.75 Å². The van der Waals surface area contributed by atoms with E-state index in [1.807, 2.05) is 38.1 Å². The van der Waals surface area contributed by atoms with Gasteiger partial charge in [-0.3, -0.25) is 0 Å². The first-order valence-electron chi connectivity index (χ1n) is 10.2. The third kappa shape index (κ3) is 3.63. The fourth-order valence-electron chi connectivity index (χ4n) is 3.97. The Bertz CT molecular complexity index is 1200. The maximum atomic E-state index is 13.7. The molecular weight excluding hydrogens is 398 g/mol. The van der Waals surface area contributed by atoms with Crippen molar-refractivity contribution in [3.8, 4) is 5.75 Å². The number of aromatic nitrogens is 1. The van der Waals surface area contributed by atoms with E-state index in [-0.39, 0.29) is 0 Å². The second kappa shape index (κ2) is 7.89. The molecule has 6 nitrogen and oxygen atoms in total. The monoisotopic (exact) mass is 427 g/mol. The molecular formula is C23H29N3O3S+2. The number of hydrogen-bond donors (Lipinski definition) is 1. The predicted octanol–water partition coefficient (Wildman–Crippen LogP) is 1.45. The molecule has 0 radical (unpaired) electrons. The number of likely N-dealkylation sites (N-methyl/N-ethyl adjacent to an activating group) is 1. The van der Waals surface area contributed by atoms with Gasteiger partial charge in [0, 0.05) is 6.07 Å². The van der Waals surface area contributed by atoms with Crippen molar-refractivity contribution in [2.24, 2.45) is 0 Å². The Morgan fingerprint density at radius 1 is 1.03 bits per heavy atom. The number of nitrogens with one attached hydrogen (secondary N) is 2. The summed E-state index contributed by atoms with van der Waals surface area (Å²) >= 11 is 0. The molecule has 0 aliphatic carbocycles. The van der Waals surface area contributed by atoms with E-state index in [1.54, 1.807) is 25.4 Å². The molecule has 2 heterocycles. The Morgan fingerprint density at radius 2 is 1.77 bits per heavy atom. The van der Waals surface area contributed by atoms with Gasteiger partial charge in [0.1, 0.15) is 5.75 Å². The smallest absolute Gasteiger partial charge is 0.214 e. The maximum Gasteiger partial charge on any atom is 0.214 e. The standard InChI is InChI=1S/C23H27N3O3S/c1-16-5-7-19(13-17(16)2)30(27,28)22-15-24-21-8-6-18(29-4)14-20(21)23(22)26-11-9-25(3)10-12-26/h5-8,13-15H,9-12H2,1-4H3/p+2. The van der Waals surface area contributed by atoms with Crippen LogP contribution < -0.4 is 19.5 Å². The molecule has 1 aromatic heterocycles. The Kier molecular flexibility index (Phi) is 5.42. The molecule has 158 valence electrons. The van der Waals surface area contributed by atoms with Crippen molar-refractivity contribution < 1.29 is 23.0 Å². The van der Waals surface area contributed by atoms with Gasteiger partial charge in [-0.05, 0) is 49.2 Å². The number of quaternary nitrogens is 1. The Balaban J connectivity index is 1.96. The number of aromatic amines is 1. The van der Waals surface area contributed by atoms with E-state index in [9.17, 15) is 8.42 Å². The van der Waals surface area contributed by atoms with Gasteiger partial charge in [0.15, 0.2) is 11.1 Å². The number of anilines is 1. The fourth-order valence-corrected chi connectivity index (χ4v) is 5.51. The van der Waals surface area contributed by atoms with Crippen LogP contribution in [-0.4, -0.2) is 48.8 Å². The Labute approximate surface area is 178 Å². The number of piperazine rings is 1. The normalized spacial score (nSPS) is 15.5. The lowest BCUT2D eigenvalue weighted by molar-refractivity contribution is -0.880. The first kappa shape index (κ1) is 20.6. The third-order valence-corrected chi connectivity index (χ3v) is 7.85. The first-order chi connectivity index (χ1) is 14.3. The minimum Gasteiger partial charge on any atom is -0.497 e. The molecule has 4 rings (SSSR count). The molecule has 0 spiro atoms. The third-order valence-electron chi connectivity index (χ3n) is 6.09. The number of benzene rings is 2. The summed E-state index contributed by atoms with van der Waals surface area (Å²) in [5.41, 5.74) is 3.68. The van der Waals surface area contributed by atoms with Gasteiger partial charge < -0.3 is 14.5 Å². The predicted molar refractivity (Wildman–Crippen MR) is 117 cm³/mol. The number of pyridine rings is 1. The van der Waals surface area contributed by atoms with Gasteiger partial charge in [-0.15, -0.1) is 0 Å². The second-order valence-corrected chi connectivity index (χ2v) is 10.0. The molecule has 1 saturated heterocycles. The number of methoxy groups -OCH3 is 1. The van der Waals surface area contributed by atoms with Crippen molar-refractivity contribution in [2.75, 3.05) is 45.2 Å². The van der Waals surface area contributed by atoms with Crippen LogP contribution in [0.25, 0.3) is 10.9 Å². The summed E-state index contributed by atoms with van der Waals surface area (Å²) in [6.07, 6.45) is 1.64. The van der Waals surface area contributed by atoms with Gasteiger partial charge in [0.2, 0.25) is 15.4 Å². The van der Waals surface area contributed by atoms with E-state index in [2.05, 4.69) is 16.9 Å². The largest absolute Gasteiger partial charge is 0.497 e. The van der Waals surface area contributed by atoms with E-state index in [0.717, 1.165) is 53.9 Å². The average Bonchev–Trinajstić information content (AvgIpc) is 2.75. The van der Waals surface area contributed by atoms with E-state index in [0.29, 0.717) is 15.5 Å². The Morgan fingerprint density at radius 3 is 2.43 bits per heavy atom. The van der Waals surface area contributed by atoms with Crippen molar-refractivity contribution in [3.63, 3.8) is 0 Å². The van der Waals surface area contributed by atoms with Crippen LogP contribution in [0.1, 0.15) is 11.1 Å². The molecule has 2 N–H and O–H groups in total. The second-order valence-electron chi connectivity index (χ2n) is 8.11. The van der Waals surface area contributed by atoms with Crippen LogP contribution in [0.3, 0.4) is 0 Å². The zero-order valence-electron chi connectivity index (χ0n) is 18.0. The van der Waals surface area contributed by atoms with Crippen LogP contribution in [0.15, 0.2) is 52.4 Å². The summed E-state index contributed by atoms with van der Waals surface area (Å²) < 4.78 is 32.9. The zero-order valence-corrected chi connectivity index (χ0v) is 18.8. The van der Waals surface area contributed by atoms with Crippen molar-refractivity contribution in [3.05, 3.63) is 53.7 Å². The van der Waals surface area contributed by atoms with Crippen LogP contribution in [0.2, 0.25) is 0 Å². The number of rotatable bonds is 4. The van der Waals surface area contributed by atoms with Crippen LogP contribution >= 0.6 is 0 Å². The van der Waals surface area contributed by atoms with E-state index in [1.165, 1.54) is 4.90 Å². The van der Waals surface area contributed by atoms with Crippen molar-refractivity contribution in [2.45, 2.75) is 23.6 Å². The molecule has 7 heteroatoms. The summed E-state index contributed by atoms with van der Waals surface area (Å²) in [6, 6.07) is 11.1. The van der Waals surface area contributed by atoms with Crippen molar-refractivity contribution in [1.82, 2.24) is 0 Å². The highest BCUT2D eigenvalue weighted by Crippen LogP contribution is 2.36. The van der Waals surface area contributed by atoms with Gasteiger partial charge in [0.25, 0.3) is 0 Å². The van der Waals surface area contributed by atoms with Gasteiger partial charge in [-0.2, -0.15) is 0 Å². The van der Waals surface area contributed by atoms with Crippen LogP contribution in [0.4, 0.5) is 5.69 Å². The Hall–Kier alpha value is -2.64. The van der Waals surface area contributed by atoms with Crippen molar-refractivity contribution in [1.29, 1.82) is 0 Å². The van der Waals surface area contributed by atoms with Crippen LogP contribution in [0, 0.1) is 13.8 Å². The number of sulfone groups is 1.